The number of carbonyl (C=O) groups excluding carboxylic acids is 2. The molecule has 7 nitrogen and oxygen atoms in total. The van der Waals surface area contributed by atoms with E-state index in [1.54, 1.807) is 0 Å². The van der Waals surface area contributed by atoms with Crippen LogP contribution < -0.4 is 5.32 Å². The summed E-state index contributed by atoms with van der Waals surface area (Å²) in [4.78, 5) is 40.0. The molecule has 2 heterocycles. The highest BCUT2D eigenvalue weighted by Crippen LogP contribution is 2.23. The molecule has 1 fully saturated rings. The van der Waals surface area contributed by atoms with Crippen molar-refractivity contribution in [2.75, 3.05) is 13.6 Å². The molecule has 0 aliphatic carbocycles. The highest BCUT2D eigenvalue weighted by molar-refractivity contribution is 7.15. The summed E-state index contributed by atoms with van der Waals surface area (Å²) >= 11 is 0.824. The van der Waals surface area contributed by atoms with E-state index in [1.165, 1.54) is 18.1 Å². The lowest BCUT2D eigenvalue weighted by molar-refractivity contribution is -0.124. The van der Waals surface area contributed by atoms with Gasteiger partial charge in [-0.1, -0.05) is 0 Å². The fourth-order valence-electron chi connectivity index (χ4n) is 2.06. The molecule has 8 heteroatoms. The number of rotatable bonds is 3. The Balaban J connectivity index is 2.18. The third-order valence-electron chi connectivity index (χ3n) is 2.96. The van der Waals surface area contributed by atoms with Crippen LogP contribution in [0.3, 0.4) is 0 Å². The van der Waals surface area contributed by atoms with Crippen LogP contribution >= 0.6 is 11.3 Å². The van der Waals surface area contributed by atoms with Crippen LogP contribution in [0.15, 0.2) is 6.20 Å². The van der Waals surface area contributed by atoms with Crippen LogP contribution in [0.4, 0.5) is 0 Å². The summed E-state index contributed by atoms with van der Waals surface area (Å²) in [5.74, 6) is -1.70. The van der Waals surface area contributed by atoms with E-state index >= 15 is 0 Å². The van der Waals surface area contributed by atoms with Gasteiger partial charge in [-0.25, -0.2) is 9.78 Å². The SMILES string of the molecule is CNC(=O)C1CCCN1C(=O)c1cnc(C(=O)O)s1. The summed E-state index contributed by atoms with van der Waals surface area (Å²) in [5.41, 5.74) is 0. The lowest BCUT2D eigenvalue weighted by Gasteiger charge is -2.22. The van der Waals surface area contributed by atoms with Crippen molar-refractivity contribution in [3.63, 3.8) is 0 Å². The van der Waals surface area contributed by atoms with Gasteiger partial charge in [0.05, 0.1) is 6.20 Å². The summed E-state index contributed by atoms with van der Waals surface area (Å²) in [5, 5.41) is 11.2. The van der Waals surface area contributed by atoms with E-state index in [4.69, 9.17) is 5.11 Å². The zero-order chi connectivity index (χ0) is 14.0. The van der Waals surface area contributed by atoms with E-state index < -0.39 is 12.0 Å². The van der Waals surface area contributed by atoms with Crippen molar-refractivity contribution in [3.8, 4) is 0 Å². The molecule has 0 radical (unpaired) electrons. The highest BCUT2D eigenvalue weighted by Gasteiger charge is 2.34. The number of carbonyl (C=O) groups is 3. The zero-order valence-electron chi connectivity index (χ0n) is 10.3. The minimum atomic E-state index is -1.16. The Bertz CT molecular complexity index is 528. The van der Waals surface area contributed by atoms with Crippen molar-refractivity contribution < 1.29 is 19.5 Å². The number of likely N-dealkylation sites (N-methyl/N-ethyl adjacent to an activating group) is 1. The molecule has 2 rings (SSSR count). The number of amides is 2. The van der Waals surface area contributed by atoms with Gasteiger partial charge in [0, 0.05) is 13.6 Å². The van der Waals surface area contributed by atoms with Crippen LogP contribution in [0.1, 0.15) is 32.3 Å². The van der Waals surface area contributed by atoms with Crippen LogP contribution in [0.5, 0.6) is 0 Å². The summed E-state index contributed by atoms with van der Waals surface area (Å²) < 4.78 is 0. The van der Waals surface area contributed by atoms with Crippen molar-refractivity contribution >= 4 is 29.1 Å². The second-order valence-corrected chi connectivity index (χ2v) is 5.14. The van der Waals surface area contributed by atoms with Gasteiger partial charge >= 0.3 is 5.97 Å². The lowest BCUT2D eigenvalue weighted by atomic mass is 10.2. The third kappa shape index (κ3) is 2.58. The zero-order valence-corrected chi connectivity index (χ0v) is 11.1. The highest BCUT2D eigenvalue weighted by atomic mass is 32.1. The minimum absolute atomic E-state index is 0.126. The molecule has 1 aliphatic heterocycles. The van der Waals surface area contributed by atoms with Crippen LogP contribution in [0.25, 0.3) is 0 Å². The van der Waals surface area contributed by atoms with Gasteiger partial charge in [0.15, 0.2) is 0 Å². The van der Waals surface area contributed by atoms with Crippen LogP contribution in [0, 0.1) is 0 Å². The van der Waals surface area contributed by atoms with E-state index in [9.17, 15) is 14.4 Å². The number of carboxylic acids is 1. The van der Waals surface area contributed by atoms with E-state index in [0.717, 1.165) is 17.8 Å². The van der Waals surface area contributed by atoms with Gasteiger partial charge in [0.25, 0.3) is 5.91 Å². The Morgan fingerprint density at radius 1 is 1.53 bits per heavy atom. The monoisotopic (exact) mass is 283 g/mol. The van der Waals surface area contributed by atoms with Gasteiger partial charge in [-0.05, 0) is 12.8 Å². The van der Waals surface area contributed by atoms with Crippen molar-refractivity contribution in [1.82, 2.24) is 15.2 Å². The fourth-order valence-corrected chi connectivity index (χ4v) is 2.77. The molecule has 2 amide bonds. The number of hydrogen-bond donors (Lipinski definition) is 2. The molecule has 0 bridgehead atoms. The largest absolute Gasteiger partial charge is 0.476 e. The molecule has 1 saturated heterocycles. The van der Waals surface area contributed by atoms with E-state index in [2.05, 4.69) is 10.3 Å². The predicted octanol–water partition coefficient (Wildman–Crippen LogP) is 0.192. The minimum Gasteiger partial charge on any atom is -0.476 e. The normalized spacial score (nSPS) is 18.4. The van der Waals surface area contributed by atoms with Gasteiger partial charge in [-0.15, -0.1) is 11.3 Å². The Hall–Kier alpha value is -1.96. The number of aromatic carboxylic acids is 1. The molecule has 1 aliphatic rings. The number of nitrogens with one attached hydrogen (secondary N) is 1. The maximum absolute atomic E-state index is 12.2. The molecule has 102 valence electrons. The van der Waals surface area contributed by atoms with Crippen molar-refractivity contribution in [3.05, 3.63) is 16.1 Å². The first-order valence-corrected chi connectivity index (χ1v) is 6.58. The van der Waals surface area contributed by atoms with Crippen LogP contribution in [0.2, 0.25) is 0 Å². The summed E-state index contributed by atoms with van der Waals surface area (Å²) in [6, 6.07) is -0.479. The van der Waals surface area contributed by atoms with Gasteiger partial charge in [-0.2, -0.15) is 0 Å². The molecule has 1 unspecified atom stereocenters. The van der Waals surface area contributed by atoms with E-state index in [-0.39, 0.29) is 21.7 Å². The predicted molar refractivity (Wildman–Crippen MR) is 67.2 cm³/mol. The lowest BCUT2D eigenvalue weighted by Crippen LogP contribution is -2.44. The maximum Gasteiger partial charge on any atom is 0.365 e. The molecule has 1 aromatic rings. The second-order valence-electron chi connectivity index (χ2n) is 4.11. The molecule has 2 N–H and O–H groups in total. The van der Waals surface area contributed by atoms with E-state index in [0.29, 0.717) is 13.0 Å². The Labute approximate surface area is 113 Å². The first-order chi connectivity index (χ1) is 9.04. The first kappa shape index (κ1) is 13.5. The van der Waals surface area contributed by atoms with Gasteiger partial charge in [-0.3, -0.25) is 9.59 Å². The standard InChI is InChI=1S/C11H13N3O4S/c1-12-8(15)6-3-2-4-14(6)10(16)7-5-13-9(19-7)11(17)18/h5-6H,2-4H2,1H3,(H,12,15)(H,17,18). The second kappa shape index (κ2) is 5.35. The Morgan fingerprint density at radius 2 is 2.26 bits per heavy atom. The van der Waals surface area contributed by atoms with Crippen molar-refractivity contribution in [2.45, 2.75) is 18.9 Å². The van der Waals surface area contributed by atoms with Gasteiger partial charge < -0.3 is 15.3 Å². The number of carboxylic acid groups (broad SMARTS) is 1. The topological polar surface area (TPSA) is 99.6 Å². The molecule has 1 aromatic heterocycles. The summed E-state index contributed by atoms with van der Waals surface area (Å²) in [7, 11) is 1.53. The molecule has 0 aromatic carbocycles. The molecule has 0 spiro atoms. The number of thiazole rings is 1. The first-order valence-electron chi connectivity index (χ1n) is 5.76. The van der Waals surface area contributed by atoms with E-state index in [1.807, 2.05) is 0 Å². The average molecular weight is 283 g/mol. The third-order valence-corrected chi connectivity index (χ3v) is 3.94. The molecular formula is C11H13N3O4S. The number of hydrogen-bond acceptors (Lipinski definition) is 5. The number of likely N-dealkylation sites (tertiary alicyclic amines) is 1. The summed E-state index contributed by atoms with van der Waals surface area (Å²) in [6.07, 6.45) is 2.63. The van der Waals surface area contributed by atoms with Gasteiger partial charge in [0.2, 0.25) is 10.9 Å². The van der Waals surface area contributed by atoms with Crippen molar-refractivity contribution in [2.24, 2.45) is 0 Å². The maximum atomic E-state index is 12.2. The average Bonchev–Trinajstić information content (AvgIpc) is 3.05. The van der Waals surface area contributed by atoms with Crippen molar-refractivity contribution in [1.29, 1.82) is 0 Å². The number of nitrogens with zero attached hydrogens (tertiary/aromatic N) is 2. The van der Waals surface area contributed by atoms with Crippen LogP contribution in [-0.4, -0.2) is 52.4 Å². The Kier molecular flexibility index (Phi) is 3.79. The number of aromatic nitrogens is 1. The Morgan fingerprint density at radius 3 is 2.84 bits per heavy atom. The smallest absolute Gasteiger partial charge is 0.365 e. The molecular weight excluding hydrogens is 270 g/mol. The quantitative estimate of drug-likeness (QED) is 0.825. The summed E-state index contributed by atoms with van der Waals surface area (Å²) in [6.45, 7) is 0.497. The van der Waals surface area contributed by atoms with Crippen LogP contribution in [-0.2, 0) is 4.79 Å². The molecule has 19 heavy (non-hydrogen) atoms. The molecule has 1 atom stereocenters. The fraction of sp³-hybridized carbons (Fsp3) is 0.455. The molecule has 0 saturated carbocycles. The van der Waals surface area contributed by atoms with Gasteiger partial charge in [0.1, 0.15) is 10.9 Å².